The summed E-state index contributed by atoms with van der Waals surface area (Å²) in [6, 6.07) is 6.78. The average Bonchev–Trinajstić information content (AvgIpc) is 2.98. The lowest BCUT2D eigenvalue weighted by Gasteiger charge is -2.33. The Hall–Kier alpha value is -2.41. The van der Waals surface area contributed by atoms with Gasteiger partial charge < -0.3 is 10.2 Å². The second-order valence-corrected chi connectivity index (χ2v) is 7.18. The van der Waals surface area contributed by atoms with Crippen molar-refractivity contribution in [3.05, 3.63) is 18.2 Å². The number of aryl methyl sites for hydroxylation is 1. The monoisotopic (exact) mass is 355 g/mol. The number of carbonyl (C=O) groups excluding carboxylic acids is 2. The van der Waals surface area contributed by atoms with Crippen LogP contribution in [0.2, 0.25) is 0 Å². The van der Waals surface area contributed by atoms with Crippen molar-refractivity contribution < 1.29 is 9.59 Å². The van der Waals surface area contributed by atoms with E-state index in [9.17, 15) is 9.59 Å². The summed E-state index contributed by atoms with van der Waals surface area (Å²) >= 11 is 0. The largest absolute Gasteiger partial charge is 0.371 e. The number of aromatic nitrogens is 2. The van der Waals surface area contributed by atoms with Gasteiger partial charge in [0.05, 0.1) is 5.52 Å². The smallest absolute Gasteiger partial charge is 0.235 e. The van der Waals surface area contributed by atoms with Crippen molar-refractivity contribution in [2.75, 3.05) is 29.9 Å². The van der Waals surface area contributed by atoms with Crippen LogP contribution in [0.15, 0.2) is 18.2 Å². The highest BCUT2D eigenvalue weighted by Gasteiger charge is 2.31. The van der Waals surface area contributed by atoms with Crippen molar-refractivity contribution in [1.82, 2.24) is 15.1 Å². The predicted molar refractivity (Wildman–Crippen MR) is 101 cm³/mol. The number of hydrogen-bond donors (Lipinski definition) is 1. The second-order valence-electron chi connectivity index (χ2n) is 7.18. The molecule has 1 aromatic carbocycles. The molecular weight excluding hydrogens is 330 g/mol. The highest BCUT2D eigenvalue weighted by Crippen LogP contribution is 2.32. The van der Waals surface area contributed by atoms with E-state index in [-0.39, 0.29) is 11.8 Å². The van der Waals surface area contributed by atoms with E-state index in [2.05, 4.69) is 27.4 Å². The number of fused-ring (bicyclic) bond motifs is 1. The maximum absolute atomic E-state index is 12.3. The second kappa shape index (κ2) is 6.72. The number of amides is 2. The molecule has 0 radical (unpaired) electrons. The highest BCUT2D eigenvalue weighted by atomic mass is 16.2. The molecule has 0 spiro atoms. The van der Waals surface area contributed by atoms with E-state index in [1.54, 1.807) is 4.68 Å². The lowest BCUT2D eigenvalue weighted by Crippen LogP contribution is -2.41. The number of nitrogens with one attached hydrogen (secondary N) is 1. The number of rotatable bonds is 3. The molecule has 0 saturated carbocycles. The Balaban J connectivity index is 1.67. The van der Waals surface area contributed by atoms with E-state index >= 15 is 0 Å². The van der Waals surface area contributed by atoms with Gasteiger partial charge in [-0.1, -0.05) is 0 Å². The number of anilines is 2. The van der Waals surface area contributed by atoms with Gasteiger partial charge in [-0.3, -0.25) is 14.3 Å². The quantitative estimate of drug-likeness (QED) is 0.851. The van der Waals surface area contributed by atoms with Gasteiger partial charge in [0.1, 0.15) is 0 Å². The van der Waals surface area contributed by atoms with E-state index < -0.39 is 0 Å². The van der Waals surface area contributed by atoms with Gasteiger partial charge in [0.25, 0.3) is 0 Å². The Morgan fingerprint density at radius 1 is 1.12 bits per heavy atom. The Labute approximate surface area is 152 Å². The van der Waals surface area contributed by atoms with Gasteiger partial charge in [-0.2, -0.15) is 5.10 Å². The van der Waals surface area contributed by atoms with Crippen LogP contribution in [0.5, 0.6) is 0 Å². The zero-order valence-corrected chi connectivity index (χ0v) is 15.4. The van der Waals surface area contributed by atoms with Crippen LogP contribution in [0.1, 0.15) is 32.1 Å². The Morgan fingerprint density at radius 2 is 1.81 bits per heavy atom. The maximum atomic E-state index is 12.3. The van der Waals surface area contributed by atoms with Crippen molar-refractivity contribution in [1.29, 1.82) is 0 Å². The Bertz CT molecular complexity index is 835. The average molecular weight is 355 g/mol. The third-order valence-electron chi connectivity index (χ3n) is 5.58. The van der Waals surface area contributed by atoms with Gasteiger partial charge in [0.2, 0.25) is 11.8 Å². The molecule has 2 aliphatic heterocycles. The topological polar surface area (TPSA) is 70.5 Å². The summed E-state index contributed by atoms with van der Waals surface area (Å²) in [4.78, 5) is 28.2. The number of nitrogens with zero attached hydrogens (tertiary/aromatic N) is 4. The molecule has 4 rings (SSSR count). The minimum Gasteiger partial charge on any atom is -0.371 e. The first-order valence-corrected chi connectivity index (χ1v) is 9.33. The molecule has 26 heavy (non-hydrogen) atoms. The lowest BCUT2D eigenvalue weighted by atomic mass is 10.0. The third kappa shape index (κ3) is 2.86. The van der Waals surface area contributed by atoms with Crippen LogP contribution in [0.3, 0.4) is 0 Å². The summed E-state index contributed by atoms with van der Waals surface area (Å²) in [5, 5.41) is 8.70. The third-order valence-corrected chi connectivity index (χ3v) is 5.58. The van der Waals surface area contributed by atoms with Crippen LogP contribution in [0.4, 0.5) is 11.5 Å². The molecule has 7 heteroatoms. The summed E-state index contributed by atoms with van der Waals surface area (Å²) < 4.78 is 1.77. The lowest BCUT2D eigenvalue weighted by molar-refractivity contribution is -0.129. The van der Waals surface area contributed by atoms with Crippen LogP contribution >= 0.6 is 0 Å². The molecule has 2 saturated heterocycles. The number of imide groups is 1. The SMILES string of the molecule is CNC1CCN(c2ccc3c(N4C(=O)CCCC4=O)nn(C)c3c2)CC1. The van der Waals surface area contributed by atoms with E-state index in [1.165, 1.54) is 4.90 Å². The molecule has 0 bridgehead atoms. The zero-order valence-electron chi connectivity index (χ0n) is 15.4. The number of hydrogen-bond acceptors (Lipinski definition) is 5. The fourth-order valence-corrected chi connectivity index (χ4v) is 4.00. The molecular formula is C19H25N5O2. The van der Waals surface area contributed by atoms with E-state index in [0.29, 0.717) is 31.1 Å². The van der Waals surface area contributed by atoms with Crippen molar-refractivity contribution in [2.45, 2.75) is 38.1 Å². The first-order chi connectivity index (χ1) is 12.6. The molecule has 1 N–H and O–H groups in total. The molecule has 1 aromatic heterocycles. The van der Waals surface area contributed by atoms with Crippen LogP contribution in [0, 0.1) is 0 Å². The molecule has 7 nitrogen and oxygen atoms in total. The minimum atomic E-state index is -0.153. The van der Waals surface area contributed by atoms with Crippen molar-refractivity contribution >= 4 is 34.2 Å². The van der Waals surface area contributed by atoms with Crippen molar-refractivity contribution in [2.24, 2.45) is 7.05 Å². The molecule has 2 amide bonds. The summed E-state index contributed by atoms with van der Waals surface area (Å²) in [6.07, 6.45) is 3.69. The first kappa shape index (κ1) is 17.0. The molecule has 0 aliphatic carbocycles. The van der Waals surface area contributed by atoms with E-state index in [4.69, 9.17) is 0 Å². The molecule has 2 fully saturated rings. The van der Waals surface area contributed by atoms with Crippen LogP contribution < -0.4 is 15.1 Å². The highest BCUT2D eigenvalue weighted by molar-refractivity contribution is 6.19. The normalized spacial score (nSPS) is 19.6. The summed E-state index contributed by atoms with van der Waals surface area (Å²) in [7, 11) is 3.88. The van der Waals surface area contributed by atoms with Crippen molar-refractivity contribution in [3.63, 3.8) is 0 Å². The Morgan fingerprint density at radius 3 is 2.46 bits per heavy atom. The number of carbonyl (C=O) groups is 2. The van der Waals surface area contributed by atoms with Gasteiger partial charge in [-0.15, -0.1) is 0 Å². The van der Waals surface area contributed by atoms with Crippen LogP contribution in [0.25, 0.3) is 10.9 Å². The molecule has 2 aromatic rings. The predicted octanol–water partition coefficient (Wildman–Crippen LogP) is 1.80. The molecule has 0 atom stereocenters. The Kier molecular flexibility index (Phi) is 4.40. The molecule has 138 valence electrons. The molecule has 3 heterocycles. The molecule has 2 aliphatic rings. The van der Waals surface area contributed by atoms with Crippen LogP contribution in [-0.4, -0.2) is 47.8 Å². The summed E-state index contributed by atoms with van der Waals surface area (Å²) in [6.45, 7) is 2.04. The summed E-state index contributed by atoms with van der Waals surface area (Å²) in [5.41, 5.74) is 2.11. The zero-order chi connectivity index (χ0) is 18.3. The standard InChI is InChI=1S/C19H25N5O2/c1-20-13-8-10-23(11-9-13)14-6-7-15-16(12-14)22(2)21-19(15)24-17(25)4-3-5-18(24)26/h6-7,12-13,20H,3-5,8-11H2,1-2H3. The van der Waals surface area contributed by atoms with Gasteiger partial charge in [0, 0.05) is 50.1 Å². The van der Waals surface area contributed by atoms with Gasteiger partial charge in [-0.05, 0) is 44.5 Å². The maximum Gasteiger partial charge on any atom is 0.235 e. The number of piperidine rings is 2. The molecule has 0 unspecified atom stereocenters. The summed E-state index contributed by atoms with van der Waals surface area (Å²) in [5.74, 6) is 0.163. The minimum absolute atomic E-state index is 0.153. The first-order valence-electron chi connectivity index (χ1n) is 9.33. The van der Waals surface area contributed by atoms with E-state index in [1.807, 2.05) is 20.2 Å². The fraction of sp³-hybridized carbons (Fsp3) is 0.526. The van der Waals surface area contributed by atoms with Crippen LogP contribution in [-0.2, 0) is 16.6 Å². The van der Waals surface area contributed by atoms with Gasteiger partial charge in [-0.25, -0.2) is 4.90 Å². The van der Waals surface area contributed by atoms with E-state index in [0.717, 1.165) is 42.5 Å². The number of benzene rings is 1. The fourth-order valence-electron chi connectivity index (χ4n) is 4.00. The van der Waals surface area contributed by atoms with Gasteiger partial charge in [0.15, 0.2) is 5.82 Å². The van der Waals surface area contributed by atoms with Crippen molar-refractivity contribution in [3.8, 4) is 0 Å². The van der Waals surface area contributed by atoms with Gasteiger partial charge >= 0.3 is 0 Å².